The Labute approximate surface area is 166 Å². The topological polar surface area (TPSA) is 88.1 Å². The lowest BCUT2D eigenvalue weighted by atomic mass is 9.88. The molecule has 1 N–H and O–H groups in total. The van der Waals surface area contributed by atoms with Crippen LogP contribution in [0.4, 0.5) is 5.00 Å². The third-order valence-electron chi connectivity index (χ3n) is 4.86. The number of fused-ring (bicyclic) bond motifs is 1. The van der Waals surface area contributed by atoms with Gasteiger partial charge in [0.25, 0.3) is 0 Å². The standard InChI is InChI=1S/C18H23N3O4S2/c1-9-5-6-10-11(7-9)26-15(14(10)17(24)25-4)20-13(22)8-12-16(23)21(3)18(19-2)27-12/h9,12H,5-8H2,1-4H3,(H,20,22). The van der Waals surface area contributed by atoms with Crippen LogP contribution in [0.5, 0.6) is 0 Å². The number of hydrogen-bond acceptors (Lipinski definition) is 7. The second-order valence-electron chi connectivity index (χ2n) is 6.81. The Kier molecular flexibility index (Phi) is 5.90. The van der Waals surface area contributed by atoms with Crippen LogP contribution in [0.2, 0.25) is 0 Å². The number of amidine groups is 1. The van der Waals surface area contributed by atoms with E-state index in [0.717, 1.165) is 29.7 Å². The number of aliphatic imine (C=N–C) groups is 1. The Morgan fingerprint density at radius 1 is 1.41 bits per heavy atom. The number of nitrogens with one attached hydrogen (secondary N) is 1. The molecule has 1 aromatic heterocycles. The maximum Gasteiger partial charge on any atom is 0.341 e. The number of anilines is 1. The van der Waals surface area contributed by atoms with Gasteiger partial charge in [-0.2, -0.15) is 0 Å². The number of carbonyl (C=O) groups is 3. The maximum absolute atomic E-state index is 12.6. The molecule has 3 rings (SSSR count). The molecule has 0 spiro atoms. The molecule has 1 fully saturated rings. The van der Waals surface area contributed by atoms with Crippen molar-refractivity contribution in [2.45, 2.75) is 37.9 Å². The first-order chi connectivity index (χ1) is 12.8. The molecular weight excluding hydrogens is 386 g/mol. The fourth-order valence-corrected chi connectivity index (χ4v) is 5.92. The zero-order chi connectivity index (χ0) is 19.7. The van der Waals surface area contributed by atoms with Crippen LogP contribution in [-0.2, 0) is 27.2 Å². The summed E-state index contributed by atoms with van der Waals surface area (Å²) in [5.41, 5.74) is 1.46. The minimum absolute atomic E-state index is 0.0342. The zero-order valence-electron chi connectivity index (χ0n) is 15.8. The molecule has 2 atom stereocenters. The number of carbonyl (C=O) groups excluding carboxylic acids is 3. The van der Waals surface area contributed by atoms with Crippen LogP contribution in [0.3, 0.4) is 0 Å². The smallest absolute Gasteiger partial charge is 0.341 e. The fraction of sp³-hybridized carbons (Fsp3) is 0.556. The van der Waals surface area contributed by atoms with Crippen LogP contribution in [0.25, 0.3) is 0 Å². The average molecular weight is 410 g/mol. The number of thioether (sulfide) groups is 1. The van der Waals surface area contributed by atoms with Crippen LogP contribution >= 0.6 is 23.1 Å². The third-order valence-corrected chi connectivity index (χ3v) is 7.35. The Morgan fingerprint density at radius 2 is 2.15 bits per heavy atom. The quantitative estimate of drug-likeness (QED) is 0.772. The summed E-state index contributed by atoms with van der Waals surface area (Å²) in [5, 5.41) is 3.48. The minimum Gasteiger partial charge on any atom is -0.465 e. The van der Waals surface area contributed by atoms with E-state index in [1.807, 2.05) is 0 Å². The molecule has 27 heavy (non-hydrogen) atoms. The summed E-state index contributed by atoms with van der Waals surface area (Å²) in [7, 11) is 4.62. The van der Waals surface area contributed by atoms with E-state index in [2.05, 4.69) is 17.2 Å². The van der Waals surface area contributed by atoms with Crippen molar-refractivity contribution in [2.24, 2.45) is 10.9 Å². The van der Waals surface area contributed by atoms with E-state index in [-0.39, 0.29) is 18.2 Å². The van der Waals surface area contributed by atoms with Gasteiger partial charge in [-0.15, -0.1) is 11.3 Å². The van der Waals surface area contributed by atoms with E-state index in [1.54, 1.807) is 14.1 Å². The van der Waals surface area contributed by atoms with Gasteiger partial charge in [0.1, 0.15) is 10.3 Å². The second-order valence-corrected chi connectivity index (χ2v) is 9.08. The first-order valence-electron chi connectivity index (χ1n) is 8.79. The van der Waals surface area contributed by atoms with Gasteiger partial charge in [0.05, 0.1) is 12.7 Å². The number of methoxy groups -OCH3 is 1. The van der Waals surface area contributed by atoms with E-state index in [9.17, 15) is 14.4 Å². The third kappa shape index (κ3) is 3.89. The van der Waals surface area contributed by atoms with Gasteiger partial charge >= 0.3 is 5.97 Å². The number of amides is 2. The minimum atomic E-state index is -0.495. The van der Waals surface area contributed by atoms with Gasteiger partial charge in [-0.25, -0.2) is 4.79 Å². The Morgan fingerprint density at radius 3 is 2.78 bits per heavy atom. The number of rotatable bonds is 4. The molecule has 1 aliphatic carbocycles. The van der Waals surface area contributed by atoms with Crippen molar-refractivity contribution in [2.75, 3.05) is 26.5 Å². The van der Waals surface area contributed by atoms with Gasteiger partial charge in [-0.3, -0.25) is 19.5 Å². The Hall–Kier alpha value is -1.87. The normalized spacial score (nSPS) is 23.5. The Balaban J connectivity index is 1.78. The van der Waals surface area contributed by atoms with Crippen LogP contribution in [0.1, 0.15) is 40.6 Å². The highest BCUT2D eigenvalue weighted by Gasteiger charge is 2.37. The van der Waals surface area contributed by atoms with E-state index in [0.29, 0.717) is 21.7 Å². The fourth-order valence-electron chi connectivity index (χ4n) is 3.40. The highest BCUT2D eigenvalue weighted by molar-refractivity contribution is 8.15. The number of thiophene rings is 1. The van der Waals surface area contributed by atoms with Crippen molar-refractivity contribution >= 4 is 51.1 Å². The highest BCUT2D eigenvalue weighted by Crippen LogP contribution is 2.40. The molecule has 2 unspecified atom stereocenters. The maximum atomic E-state index is 12.6. The molecule has 0 saturated carbocycles. The molecule has 2 heterocycles. The van der Waals surface area contributed by atoms with Crippen molar-refractivity contribution in [3.8, 4) is 0 Å². The monoisotopic (exact) mass is 409 g/mol. The number of nitrogens with zero attached hydrogens (tertiary/aromatic N) is 2. The lowest BCUT2D eigenvalue weighted by Crippen LogP contribution is -2.30. The first kappa shape index (κ1) is 19.9. The lowest BCUT2D eigenvalue weighted by Gasteiger charge is -2.18. The summed E-state index contributed by atoms with van der Waals surface area (Å²) in [6, 6.07) is 0. The molecular formula is C18H23N3O4S2. The first-order valence-corrected chi connectivity index (χ1v) is 10.5. The molecule has 1 aromatic rings. The summed E-state index contributed by atoms with van der Waals surface area (Å²) in [6.07, 6.45) is 2.76. The van der Waals surface area contributed by atoms with Crippen molar-refractivity contribution in [1.29, 1.82) is 0 Å². The summed E-state index contributed by atoms with van der Waals surface area (Å²) in [4.78, 5) is 43.8. The molecule has 1 aliphatic heterocycles. The number of ether oxygens (including phenoxy) is 1. The Bertz CT molecular complexity index is 818. The number of esters is 1. The summed E-state index contributed by atoms with van der Waals surface area (Å²) < 4.78 is 4.94. The van der Waals surface area contributed by atoms with E-state index >= 15 is 0 Å². The molecule has 0 bridgehead atoms. The van der Waals surface area contributed by atoms with Crippen LogP contribution in [0.15, 0.2) is 4.99 Å². The van der Waals surface area contributed by atoms with Gasteiger partial charge in [-0.1, -0.05) is 18.7 Å². The largest absolute Gasteiger partial charge is 0.465 e. The van der Waals surface area contributed by atoms with Gasteiger partial charge in [0, 0.05) is 25.4 Å². The van der Waals surface area contributed by atoms with Gasteiger partial charge in [0.2, 0.25) is 11.8 Å². The highest BCUT2D eigenvalue weighted by atomic mass is 32.2. The van der Waals surface area contributed by atoms with Crippen molar-refractivity contribution < 1.29 is 19.1 Å². The van der Waals surface area contributed by atoms with Gasteiger partial charge < -0.3 is 10.1 Å². The number of hydrogen-bond donors (Lipinski definition) is 1. The SMILES string of the molecule is CN=C1SC(CC(=O)Nc2sc3c(c2C(=O)OC)CCC(C)C3)C(=O)N1C. The van der Waals surface area contributed by atoms with E-state index in [4.69, 9.17) is 4.74 Å². The lowest BCUT2D eigenvalue weighted by molar-refractivity contribution is -0.127. The van der Waals surface area contributed by atoms with Gasteiger partial charge in [0.15, 0.2) is 5.17 Å². The molecule has 1 saturated heterocycles. The van der Waals surface area contributed by atoms with Crippen LogP contribution in [0, 0.1) is 5.92 Å². The molecule has 7 nitrogen and oxygen atoms in total. The zero-order valence-corrected chi connectivity index (χ0v) is 17.5. The van der Waals surface area contributed by atoms with Crippen molar-refractivity contribution in [1.82, 2.24) is 4.90 Å². The summed E-state index contributed by atoms with van der Waals surface area (Å²) in [5.74, 6) is -0.296. The van der Waals surface area contributed by atoms with Crippen LogP contribution < -0.4 is 5.32 Å². The molecule has 2 amide bonds. The predicted molar refractivity (Wildman–Crippen MR) is 108 cm³/mol. The summed E-state index contributed by atoms with van der Waals surface area (Å²) in [6.45, 7) is 2.19. The average Bonchev–Trinajstić information content (AvgIpc) is 3.12. The van der Waals surface area contributed by atoms with Crippen molar-refractivity contribution in [3.63, 3.8) is 0 Å². The van der Waals surface area contributed by atoms with Crippen molar-refractivity contribution in [3.05, 3.63) is 16.0 Å². The molecule has 146 valence electrons. The molecule has 9 heteroatoms. The summed E-state index contributed by atoms with van der Waals surface area (Å²) >= 11 is 2.73. The van der Waals surface area contributed by atoms with Crippen LogP contribution in [-0.4, -0.2) is 54.3 Å². The van der Waals surface area contributed by atoms with E-state index < -0.39 is 11.2 Å². The second kappa shape index (κ2) is 8.02. The molecule has 2 aliphatic rings. The van der Waals surface area contributed by atoms with Gasteiger partial charge in [-0.05, 0) is 30.7 Å². The van der Waals surface area contributed by atoms with E-state index in [1.165, 1.54) is 35.1 Å². The molecule has 0 radical (unpaired) electrons. The predicted octanol–water partition coefficient (Wildman–Crippen LogP) is 2.55. The molecule has 0 aromatic carbocycles.